The SMILES string of the molecule is Clc1cc(C2=NCCO2)cc(Cl)c1OCCCCCc1ccno1. The Bertz CT molecular complexity index is 679. The van der Waals surface area contributed by atoms with Crippen LogP contribution in [0.2, 0.25) is 10.0 Å². The van der Waals surface area contributed by atoms with Crippen LogP contribution in [0.15, 0.2) is 33.9 Å². The van der Waals surface area contributed by atoms with Gasteiger partial charge in [-0.2, -0.15) is 0 Å². The van der Waals surface area contributed by atoms with Crippen LogP contribution in [0.25, 0.3) is 0 Å². The molecule has 0 N–H and O–H groups in total. The summed E-state index contributed by atoms with van der Waals surface area (Å²) < 4.78 is 16.2. The normalized spacial score (nSPS) is 13.7. The molecule has 0 spiro atoms. The lowest BCUT2D eigenvalue weighted by Crippen LogP contribution is -2.03. The third-order valence-corrected chi connectivity index (χ3v) is 4.20. The largest absolute Gasteiger partial charge is 0.490 e. The molecule has 5 nitrogen and oxygen atoms in total. The number of aryl methyl sites for hydroxylation is 1. The molecular formula is C17H18Cl2N2O3. The lowest BCUT2D eigenvalue weighted by Gasteiger charge is -2.11. The van der Waals surface area contributed by atoms with Gasteiger partial charge in [-0.15, -0.1) is 0 Å². The molecule has 0 aliphatic carbocycles. The number of rotatable bonds is 8. The highest BCUT2D eigenvalue weighted by atomic mass is 35.5. The predicted octanol–water partition coefficient (Wildman–Crippen LogP) is 4.55. The van der Waals surface area contributed by atoms with Crippen LogP contribution in [0, 0.1) is 0 Å². The molecule has 128 valence electrons. The first-order valence-electron chi connectivity index (χ1n) is 7.93. The molecule has 0 unspecified atom stereocenters. The Balaban J connectivity index is 1.46. The number of hydrogen-bond acceptors (Lipinski definition) is 5. The lowest BCUT2D eigenvalue weighted by molar-refractivity contribution is 0.303. The van der Waals surface area contributed by atoms with E-state index in [1.54, 1.807) is 18.3 Å². The molecule has 0 saturated carbocycles. The summed E-state index contributed by atoms with van der Waals surface area (Å²) in [5.74, 6) is 2.00. The predicted molar refractivity (Wildman–Crippen MR) is 93.4 cm³/mol. The zero-order chi connectivity index (χ0) is 16.8. The van der Waals surface area contributed by atoms with Crippen LogP contribution in [-0.4, -0.2) is 30.8 Å². The van der Waals surface area contributed by atoms with Gasteiger partial charge in [0.2, 0.25) is 5.90 Å². The monoisotopic (exact) mass is 368 g/mol. The number of benzene rings is 1. The number of nitrogens with zero attached hydrogens (tertiary/aromatic N) is 2. The molecule has 0 saturated heterocycles. The van der Waals surface area contributed by atoms with Gasteiger partial charge in [-0.25, -0.2) is 4.99 Å². The zero-order valence-electron chi connectivity index (χ0n) is 13.1. The van der Waals surface area contributed by atoms with E-state index in [2.05, 4.69) is 10.1 Å². The van der Waals surface area contributed by atoms with E-state index in [-0.39, 0.29) is 0 Å². The van der Waals surface area contributed by atoms with Crippen LogP contribution < -0.4 is 4.74 Å². The Labute approximate surface area is 150 Å². The molecule has 3 rings (SSSR count). The van der Waals surface area contributed by atoms with Crippen LogP contribution >= 0.6 is 23.2 Å². The van der Waals surface area contributed by atoms with Crippen molar-refractivity contribution >= 4 is 29.1 Å². The van der Waals surface area contributed by atoms with Crippen LogP contribution in [0.5, 0.6) is 5.75 Å². The smallest absolute Gasteiger partial charge is 0.216 e. The topological polar surface area (TPSA) is 56.9 Å². The lowest BCUT2D eigenvalue weighted by atomic mass is 10.1. The summed E-state index contributed by atoms with van der Waals surface area (Å²) >= 11 is 12.6. The van der Waals surface area contributed by atoms with Gasteiger partial charge >= 0.3 is 0 Å². The van der Waals surface area contributed by atoms with Gasteiger partial charge in [0.15, 0.2) is 5.75 Å². The van der Waals surface area contributed by atoms with E-state index < -0.39 is 0 Å². The van der Waals surface area contributed by atoms with Gasteiger partial charge in [0.05, 0.1) is 29.4 Å². The maximum atomic E-state index is 6.28. The van der Waals surface area contributed by atoms with Crippen molar-refractivity contribution in [3.63, 3.8) is 0 Å². The average Bonchev–Trinajstić information content (AvgIpc) is 3.26. The van der Waals surface area contributed by atoms with Gasteiger partial charge in [-0.1, -0.05) is 28.4 Å². The van der Waals surface area contributed by atoms with Crippen molar-refractivity contribution in [1.82, 2.24) is 5.16 Å². The Morgan fingerprint density at radius 3 is 2.62 bits per heavy atom. The van der Waals surface area contributed by atoms with Crippen LogP contribution in [0.3, 0.4) is 0 Å². The van der Waals surface area contributed by atoms with Crippen molar-refractivity contribution in [2.24, 2.45) is 4.99 Å². The Morgan fingerprint density at radius 1 is 1.12 bits per heavy atom. The molecule has 0 atom stereocenters. The number of aliphatic imine (C=N–C) groups is 1. The van der Waals surface area contributed by atoms with E-state index in [1.165, 1.54) is 0 Å². The first-order valence-corrected chi connectivity index (χ1v) is 8.68. The second-order valence-electron chi connectivity index (χ2n) is 5.44. The highest BCUT2D eigenvalue weighted by Gasteiger charge is 2.16. The Kier molecular flexibility index (Phi) is 5.99. The summed E-state index contributed by atoms with van der Waals surface area (Å²) in [6.07, 6.45) is 5.51. The minimum absolute atomic E-state index is 0.470. The van der Waals surface area contributed by atoms with E-state index in [1.807, 2.05) is 6.07 Å². The molecule has 0 radical (unpaired) electrons. The first kappa shape index (κ1) is 17.1. The Hall–Kier alpha value is -1.72. The minimum Gasteiger partial charge on any atom is -0.490 e. The fourth-order valence-electron chi connectivity index (χ4n) is 2.45. The third kappa shape index (κ3) is 4.42. The van der Waals surface area contributed by atoms with Crippen molar-refractivity contribution < 1.29 is 14.0 Å². The van der Waals surface area contributed by atoms with Gasteiger partial charge in [0, 0.05) is 18.1 Å². The summed E-state index contributed by atoms with van der Waals surface area (Å²) in [5, 5.41) is 4.63. The van der Waals surface area contributed by atoms with E-state index in [0.29, 0.717) is 41.5 Å². The first-order chi connectivity index (χ1) is 11.7. The number of ether oxygens (including phenoxy) is 2. The van der Waals surface area contributed by atoms with Gasteiger partial charge in [-0.05, 0) is 31.4 Å². The summed E-state index contributed by atoms with van der Waals surface area (Å²) in [4.78, 5) is 4.26. The number of aromatic nitrogens is 1. The molecule has 0 amide bonds. The molecule has 0 bridgehead atoms. The fraction of sp³-hybridized carbons (Fsp3) is 0.412. The zero-order valence-corrected chi connectivity index (χ0v) is 14.6. The molecule has 1 aliphatic rings. The van der Waals surface area contributed by atoms with Gasteiger partial charge in [0.1, 0.15) is 12.4 Å². The minimum atomic E-state index is 0.470. The molecule has 1 aliphatic heterocycles. The van der Waals surface area contributed by atoms with Crippen molar-refractivity contribution in [2.45, 2.75) is 25.7 Å². The summed E-state index contributed by atoms with van der Waals surface area (Å²) in [5.41, 5.74) is 0.780. The highest BCUT2D eigenvalue weighted by molar-refractivity contribution is 6.37. The fourth-order valence-corrected chi connectivity index (χ4v) is 3.05. The van der Waals surface area contributed by atoms with Crippen molar-refractivity contribution in [3.8, 4) is 5.75 Å². The highest BCUT2D eigenvalue weighted by Crippen LogP contribution is 2.35. The summed E-state index contributed by atoms with van der Waals surface area (Å²) in [6, 6.07) is 5.43. The van der Waals surface area contributed by atoms with Crippen LogP contribution in [0.4, 0.5) is 0 Å². The summed E-state index contributed by atoms with van der Waals surface area (Å²) in [7, 11) is 0. The molecule has 1 aromatic heterocycles. The van der Waals surface area contributed by atoms with E-state index in [4.69, 9.17) is 37.2 Å². The standard InChI is InChI=1S/C17H18Cl2N2O3/c18-14-10-12(17-20-7-9-23-17)11-15(19)16(14)22-8-3-1-2-4-13-5-6-21-24-13/h5-6,10-11H,1-4,7-9H2. The Morgan fingerprint density at radius 2 is 1.96 bits per heavy atom. The molecule has 24 heavy (non-hydrogen) atoms. The maximum absolute atomic E-state index is 6.28. The van der Waals surface area contributed by atoms with E-state index in [9.17, 15) is 0 Å². The van der Waals surface area contributed by atoms with Crippen molar-refractivity contribution in [1.29, 1.82) is 0 Å². The van der Waals surface area contributed by atoms with E-state index >= 15 is 0 Å². The van der Waals surface area contributed by atoms with Crippen molar-refractivity contribution in [2.75, 3.05) is 19.8 Å². The molecular weight excluding hydrogens is 351 g/mol. The third-order valence-electron chi connectivity index (χ3n) is 3.64. The maximum Gasteiger partial charge on any atom is 0.216 e. The van der Waals surface area contributed by atoms with Crippen LogP contribution in [0.1, 0.15) is 30.6 Å². The average molecular weight is 369 g/mol. The quantitative estimate of drug-likeness (QED) is 0.641. The molecule has 0 fully saturated rings. The summed E-state index contributed by atoms with van der Waals surface area (Å²) in [6.45, 7) is 1.82. The molecule has 2 heterocycles. The van der Waals surface area contributed by atoms with E-state index in [0.717, 1.165) is 37.0 Å². The van der Waals surface area contributed by atoms with Gasteiger partial charge < -0.3 is 14.0 Å². The second-order valence-corrected chi connectivity index (χ2v) is 6.26. The number of halogens is 2. The number of unbranched alkanes of at least 4 members (excludes halogenated alkanes) is 2. The van der Waals surface area contributed by atoms with Gasteiger partial charge in [0.25, 0.3) is 0 Å². The van der Waals surface area contributed by atoms with Crippen molar-refractivity contribution in [3.05, 3.63) is 45.8 Å². The van der Waals surface area contributed by atoms with Gasteiger partial charge in [-0.3, -0.25) is 0 Å². The second kappa shape index (κ2) is 8.40. The molecule has 1 aromatic carbocycles. The molecule has 7 heteroatoms. The number of hydrogen-bond donors (Lipinski definition) is 0. The molecule has 2 aromatic rings. The van der Waals surface area contributed by atoms with Crippen LogP contribution in [-0.2, 0) is 11.2 Å².